The van der Waals surface area contributed by atoms with Crippen LogP contribution in [0.25, 0.3) is 0 Å². The molecule has 2 aliphatic rings. The van der Waals surface area contributed by atoms with E-state index in [2.05, 4.69) is 33.0 Å². The van der Waals surface area contributed by atoms with Gasteiger partial charge in [0.1, 0.15) is 0 Å². The number of hydrogen-bond acceptors (Lipinski definition) is 1. The zero-order chi connectivity index (χ0) is 9.04. The Morgan fingerprint density at radius 1 is 0.917 bits per heavy atom. The van der Waals surface area contributed by atoms with Crippen molar-refractivity contribution in [3.63, 3.8) is 0 Å². The minimum absolute atomic E-state index is 0.441. The highest BCUT2D eigenvalue weighted by Gasteiger charge is 2.51. The van der Waals surface area contributed by atoms with Crippen molar-refractivity contribution in [2.75, 3.05) is 6.54 Å². The molecule has 2 bridgehead atoms. The van der Waals surface area contributed by atoms with Crippen LogP contribution in [0.5, 0.6) is 0 Å². The summed E-state index contributed by atoms with van der Waals surface area (Å²) in [5, 5.41) is 3.69. The normalized spacial score (nSPS) is 51.0. The molecule has 0 amide bonds. The summed E-state index contributed by atoms with van der Waals surface area (Å²) in [6.45, 7) is 10.9. The van der Waals surface area contributed by atoms with Gasteiger partial charge in [0, 0.05) is 12.1 Å². The first-order chi connectivity index (χ1) is 5.33. The predicted molar refractivity (Wildman–Crippen MR) is 52.1 cm³/mol. The SMILES string of the molecule is CC1(C)CC2(C)C[C@](C)(CN2)C1. The molecule has 0 aromatic carbocycles. The van der Waals surface area contributed by atoms with Crippen molar-refractivity contribution in [2.24, 2.45) is 10.8 Å². The molecule has 1 saturated carbocycles. The second kappa shape index (κ2) is 2.06. The maximum Gasteiger partial charge on any atom is 0.0164 e. The van der Waals surface area contributed by atoms with Crippen LogP contribution in [0.4, 0.5) is 0 Å². The van der Waals surface area contributed by atoms with Gasteiger partial charge in [-0.25, -0.2) is 0 Å². The van der Waals surface area contributed by atoms with Crippen LogP contribution in [0, 0.1) is 10.8 Å². The van der Waals surface area contributed by atoms with E-state index in [0.717, 1.165) is 0 Å². The van der Waals surface area contributed by atoms with Gasteiger partial charge in [0.05, 0.1) is 0 Å². The Morgan fingerprint density at radius 3 is 2.17 bits per heavy atom. The van der Waals surface area contributed by atoms with Crippen LogP contribution in [-0.4, -0.2) is 12.1 Å². The van der Waals surface area contributed by atoms with Gasteiger partial charge >= 0.3 is 0 Å². The third-order valence-corrected chi connectivity index (χ3v) is 3.53. The van der Waals surface area contributed by atoms with Crippen molar-refractivity contribution >= 4 is 0 Å². The molecule has 0 aromatic heterocycles. The highest BCUT2D eigenvalue weighted by Crippen LogP contribution is 2.53. The molecule has 1 N–H and O–H groups in total. The monoisotopic (exact) mass is 167 g/mol. The molecule has 70 valence electrons. The minimum atomic E-state index is 0.441. The van der Waals surface area contributed by atoms with Crippen molar-refractivity contribution in [1.82, 2.24) is 5.32 Å². The summed E-state index contributed by atoms with van der Waals surface area (Å²) in [7, 11) is 0. The van der Waals surface area contributed by atoms with Gasteiger partial charge in [-0.05, 0) is 37.0 Å². The maximum absolute atomic E-state index is 3.69. The molecular weight excluding hydrogens is 146 g/mol. The molecule has 0 spiro atoms. The van der Waals surface area contributed by atoms with E-state index >= 15 is 0 Å². The lowest BCUT2D eigenvalue weighted by atomic mass is 9.61. The van der Waals surface area contributed by atoms with Gasteiger partial charge in [0.15, 0.2) is 0 Å². The molecular formula is C11H21N. The van der Waals surface area contributed by atoms with E-state index < -0.39 is 0 Å². The quantitative estimate of drug-likeness (QED) is 0.584. The van der Waals surface area contributed by atoms with E-state index in [1.54, 1.807) is 0 Å². The molecule has 1 heterocycles. The van der Waals surface area contributed by atoms with Crippen LogP contribution in [-0.2, 0) is 0 Å². The number of nitrogens with one attached hydrogen (secondary N) is 1. The third-order valence-electron chi connectivity index (χ3n) is 3.53. The minimum Gasteiger partial charge on any atom is -0.311 e. The molecule has 2 rings (SSSR count). The predicted octanol–water partition coefficient (Wildman–Crippen LogP) is 2.56. The van der Waals surface area contributed by atoms with Gasteiger partial charge in [-0.1, -0.05) is 20.8 Å². The second-order valence-electron chi connectivity index (χ2n) is 6.42. The molecule has 1 aliphatic heterocycles. The summed E-state index contributed by atoms with van der Waals surface area (Å²) in [5.74, 6) is 0. The van der Waals surface area contributed by atoms with Crippen molar-refractivity contribution in [2.45, 2.75) is 52.5 Å². The molecule has 1 heteroatoms. The second-order valence-corrected chi connectivity index (χ2v) is 6.42. The van der Waals surface area contributed by atoms with Gasteiger partial charge in [-0.15, -0.1) is 0 Å². The van der Waals surface area contributed by atoms with Gasteiger partial charge in [0.2, 0.25) is 0 Å². The molecule has 1 saturated heterocycles. The van der Waals surface area contributed by atoms with Crippen molar-refractivity contribution in [3.05, 3.63) is 0 Å². The average molecular weight is 167 g/mol. The van der Waals surface area contributed by atoms with E-state index in [1.807, 2.05) is 0 Å². The van der Waals surface area contributed by atoms with Crippen molar-refractivity contribution in [1.29, 1.82) is 0 Å². The third kappa shape index (κ3) is 1.28. The molecule has 2 atom stereocenters. The Hall–Kier alpha value is -0.0400. The van der Waals surface area contributed by atoms with Crippen LogP contribution in [0.3, 0.4) is 0 Å². The van der Waals surface area contributed by atoms with Crippen LogP contribution in [0.2, 0.25) is 0 Å². The van der Waals surface area contributed by atoms with Crippen LogP contribution >= 0.6 is 0 Å². The summed E-state index contributed by atoms with van der Waals surface area (Å²) >= 11 is 0. The van der Waals surface area contributed by atoms with Crippen LogP contribution in [0.15, 0.2) is 0 Å². The standard InChI is InChI=1S/C11H21N/c1-9(2)5-10(3)7-11(4,6-9)12-8-10/h12H,5-8H2,1-4H3/t10-,11?/m1/s1. The summed E-state index contributed by atoms with van der Waals surface area (Å²) < 4.78 is 0. The first-order valence-corrected chi connectivity index (χ1v) is 5.08. The van der Waals surface area contributed by atoms with E-state index in [-0.39, 0.29) is 0 Å². The summed E-state index contributed by atoms with van der Waals surface area (Å²) in [6, 6.07) is 0. The lowest BCUT2D eigenvalue weighted by molar-refractivity contribution is 0.0986. The smallest absolute Gasteiger partial charge is 0.0164 e. The first-order valence-electron chi connectivity index (χ1n) is 5.08. The van der Waals surface area contributed by atoms with Gasteiger partial charge < -0.3 is 5.32 Å². The van der Waals surface area contributed by atoms with E-state index in [1.165, 1.54) is 25.8 Å². The molecule has 1 nitrogen and oxygen atoms in total. The van der Waals surface area contributed by atoms with Crippen molar-refractivity contribution in [3.8, 4) is 0 Å². The first kappa shape index (κ1) is 8.55. The van der Waals surface area contributed by atoms with E-state index in [9.17, 15) is 0 Å². The Balaban J connectivity index is 2.27. The Kier molecular flexibility index (Phi) is 1.47. The van der Waals surface area contributed by atoms with Gasteiger partial charge in [0.25, 0.3) is 0 Å². The van der Waals surface area contributed by atoms with Crippen molar-refractivity contribution < 1.29 is 0 Å². The Morgan fingerprint density at radius 2 is 1.58 bits per heavy atom. The molecule has 0 aromatic rings. The van der Waals surface area contributed by atoms with Gasteiger partial charge in [-0.3, -0.25) is 0 Å². The van der Waals surface area contributed by atoms with Crippen LogP contribution < -0.4 is 5.32 Å². The molecule has 12 heavy (non-hydrogen) atoms. The van der Waals surface area contributed by atoms with E-state index in [4.69, 9.17) is 0 Å². The van der Waals surface area contributed by atoms with E-state index in [0.29, 0.717) is 16.4 Å². The maximum atomic E-state index is 3.69. The fourth-order valence-corrected chi connectivity index (χ4v) is 4.02. The number of hydrogen-bond donors (Lipinski definition) is 1. The summed E-state index contributed by atoms with van der Waals surface area (Å²) in [5.41, 5.74) is 1.57. The summed E-state index contributed by atoms with van der Waals surface area (Å²) in [4.78, 5) is 0. The lowest BCUT2D eigenvalue weighted by Gasteiger charge is -2.44. The highest BCUT2D eigenvalue weighted by atomic mass is 15.0. The molecule has 0 radical (unpaired) electrons. The number of rotatable bonds is 0. The average Bonchev–Trinajstić information content (AvgIpc) is 1.98. The zero-order valence-corrected chi connectivity index (χ0v) is 8.83. The van der Waals surface area contributed by atoms with Gasteiger partial charge in [-0.2, -0.15) is 0 Å². The Labute approximate surface area is 75.9 Å². The number of fused-ring (bicyclic) bond motifs is 2. The molecule has 1 aliphatic carbocycles. The molecule has 1 unspecified atom stereocenters. The topological polar surface area (TPSA) is 12.0 Å². The largest absolute Gasteiger partial charge is 0.311 e. The summed E-state index contributed by atoms with van der Waals surface area (Å²) in [6.07, 6.45) is 4.11. The highest BCUT2D eigenvalue weighted by molar-refractivity contribution is 5.07. The molecule has 2 fully saturated rings. The fourth-order valence-electron chi connectivity index (χ4n) is 4.02. The zero-order valence-electron chi connectivity index (χ0n) is 8.83. The lowest BCUT2D eigenvalue weighted by Crippen LogP contribution is -2.42. The van der Waals surface area contributed by atoms with Crippen LogP contribution in [0.1, 0.15) is 47.0 Å². The fraction of sp³-hybridized carbons (Fsp3) is 1.00. The Bertz CT molecular complexity index is 189.